The van der Waals surface area contributed by atoms with Crippen LogP contribution in [0.15, 0.2) is 61.3 Å². The van der Waals surface area contributed by atoms with Crippen molar-refractivity contribution in [3.63, 3.8) is 0 Å². The molecule has 1 aromatic carbocycles. The van der Waals surface area contributed by atoms with Gasteiger partial charge in [0.1, 0.15) is 18.0 Å². The van der Waals surface area contributed by atoms with Crippen molar-refractivity contribution in [3.05, 3.63) is 78.3 Å². The predicted molar refractivity (Wildman–Crippen MR) is 95.5 cm³/mol. The van der Waals surface area contributed by atoms with Crippen LogP contribution in [0, 0.1) is 5.82 Å². The molecule has 0 bridgehead atoms. The van der Waals surface area contributed by atoms with E-state index in [0.717, 1.165) is 24.9 Å². The lowest BCUT2D eigenvalue weighted by atomic mass is 10.0. The number of amides is 1. The third-order valence-corrected chi connectivity index (χ3v) is 4.76. The van der Waals surface area contributed by atoms with Gasteiger partial charge in [-0.2, -0.15) is 0 Å². The van der Waals surface area contributed by atoms with Gasteiger partial charge < -0.3 is 4.90 Å². The molecular formula is C20H19FN4O. The Morgan fingerprint density at radius 3 is 2.96 bits per heavy atom. The third kappa shape index (κ3) is 3.35. The molecular weight excluding hydrogens is 331 g/mol. The number of carbonyl (C=O) groups is 1. The Kier molecular flexibility index (Phi) is 4.48. The van der Waals surface area contributed by atoms with Crippen LogP contribution in [-0.2, 0) is 6.42 Å². The number of benzene rings is 1. The Hall–Kier alpha value is -3.02. The number of hydrogen-bond acceptors (Lipinski definition) is 3. The minimum atomic E-state index is -0.238. The van der Waals surface area contributed by atoms with Crippen LogP contribution in [0.3, 0.4) is 0 Å². The summed E-state index contributed by atoms with van der Waals surface area (Å²) in [6.07, 6.45) is 9.32. The van der Waals surface area contributed by atoms with E-state index in [0.29, 0.717) is 17.8 Å². The van der Waals surface area contributed by atoms with Gasteiger partial charge in [-0.15, -0.1) is 0 Å². The topological polar surface area (TPSA) is 51.0 Å². The SMILES string of the molecule is O=C(c1ccnc(-n2ccnc2)c1)N1CCC[C@@H]1Cc1cccc(F)c1. The maximum absolute atomic E-state index is 13.4. The van der Waals surface area contributed by atoms with Crippen LogP contribution < -0.4 is 0 Å². The molecule has 1 aliphatic rings. The summed E-state index contributed by atoms with van der Waals surface area (Å²) in [6, 6.07) is 10.2. The average Bonchev–Trinajstić information content (AvgIpc) is 3.33. The van der Waals surface area contributed by atoms with Gasteiger partial charge in [0.15, 0.2) is 0 Å². The Labute approximate surface area is 151 Å². The molecule has 132 valence electrons. The van der Waals surface area contributed by atoms with E-state index in [1.54, 1.807) is 53.8 Å². The summed E-state index contributed by atoms with van der Waals surface area (Å²) in [5, 5.41) is 0. The van der Waals surface area contributed by atoms with E-state index in [9.17, 15) is 9.18 Å². The van der Waals surface area contributed by atoms with Gasteiger partial charge in [-0.3, -0.25) is 9.36 Å². The molecule has 1 fully saturated rings. The second-order valence-electron chi connectivity index (χ2n) is 6.50. The highest BCUT2D eigenvalue weighted by atomic mass is 19.1. The fourth-order valence-electron chi connectivity index (χ4n) is 3.50. The minimum Gasteiger partial charge on any atom is -0.335 e. The number of carbonyl (C=O) groups excluding carboxylic acids is 1. The first-order chi connectivity index (χ1) is 12.7. The number of aromatic nitrogens is 3. The summed E-state index contributed by atoms with van der Waals surface area (Å²) in [4.78, 5) is 23.2. The van der Waals surface area contributed by atoms with Crippen molar-refractivity contribution in [2.45, 2.75) is 25.3 Å². The highest BCUT2D eigenvalue weighted by Crippen LogP contribution is 2.24. The molecule has 5 nitrogen and oxygen atoms in total. The van der Waals surface area contributed by atoms with Gasteiger partial charge in [-0.25, -0.2) is 14.4 Å². The number of rotatable bonds is 4. The van der Waals surface area contributed by atoms with E-state index in [-0.39, 0.29) is 17.8 Å². The molecule has 0 aliphatic carbocycles. The number of halogens is 1. The molecule has 6 heteroatoms. The molecule has 1 atom stereocenters. The summed E-state index contributed by atoms with van der Waals surface area (Å²) in [5.41, 5.74) is 1.53. The van der Waals surface area contributed by atoms with Crippen molar-refractivity contribution in [1.29, 1.82) is 0 Å². The van der Waals surface area contributed by atoms with Gasteiger partial charge in [-0.05, 0) is 49.1 Å². The Morgan fingerprint density at radius 2 is 2.15 bits per heavy atom. The summed E-state index contributed by atoms with van der Waals surface area (Å²) in [5.74, 6) is 0.416. The monoisotopic (exact) mass is 350 g/mol. The van der Waals surface area contributed by atoms with Crippen molar-refractivity contribution >= 4 is 5.91 Å². The third-order valence-electron chi connectivity index (χ3n) is 4.76. The fourth-order valence-corrected chi connectivity index (χ4v) is 3.50. The molecule has 0 N–H and O–H groups in total. The van der Waals surface area contributed by atoms with Gasteiger partial charge in [0.2, 0.25) is 0 Å². The van der Waals surface area contributed by atoms with E-state index < -0.39 is 0 Å². The van der Waals surface area contributed by atoms with E-state index >= 15 is 0 Å². The second-order valence-corrected chi connectivity index (χ2v) is 6.50. The van der Waals surface area contributed by atoms with Crippen LogP contribution in [0.4, 0.5) is 4.39 Å². The second kappa shape index (κ2) is 7.07. The number of imidazole rings is 1. The van der Waals surface area contributed by atoms with Gasteiger partial charge in [0.25, 0.3) is 5.91 Å². The zero-order valence-corrected chi connectivity index (χ0v) is 14.3. The predicted octanol–water partition coefficient (Wildman–Crippen LogP) is 3.25. The van der Waals surface area contributed by atoms with Crippen LogP contribution in [0.1, 0.15) is 28.8 Å². The Balaban J connectivity index is 1.54. The molecule has 0 spiro atoms. The summed E-state index contributed by atoms with van der Waals surface area (Å²) >= 11 is 0. The molecule has 2 aromatic heterocycles. The number of pyridine rings is 1. The van der Waals surface area contributed by atoms with Crippen LogP contribution in [0.5, 0.6) is 0 Å². The summed E-state index contributed by atoms with van der Waals surface area (Å²) < 4.78 is 15.2. The van der Waals surface area contributed by atoms with Crippen LogP contribution in [0.25, 0.3) is 5.82 Å². The van der Waals surface area contributed by atoms with Crippen molar-refractivity contribution in [1.82, 2.24) is 19.4 Å². The molecule has 3 aromatic rings. The van der Waals surface area contributed by atoms with Crippen molar-refractivity contribution in [3.8, 4) is 5.82 Å². The Morgan fingerprint density at radius 1 is 1.23 bits per heavy atom. The first-order valence-corrected chi connectivity index (χ1v) is 8.70. The minimum absolute atomic E-state index is 0.00679. The standard InChI is InChI=1S/C20H19FN4O/c21-17-4-1-3-15(11-17)12-18-5-2-9-25(18)20(26)16-6-7-23-19(13-16)24-10-8-22-14-24/h1,3-4,6-8,10-11,13-14,18H,2,5,9,12H2/t18-/m1/s1. The molecule has 1 saturated heterocycles. The van der Waals surface area contributed by atoms with Crippen LogP contribution in [-0.4, -0.2) is 37.9 Å². The zero-order chi connectivity index (χ0) is 17.9. The Bertz CT molecular complexity index is 910. The van der Waals surface area contributed by atoms with Gasteiger partial charge >= 0.3 is 0 Å². The van der Waals surface area contributed by atoms with E-state index in [2.05, 4.69) is 9.97 Å². The number of nitrogens with zero attached hydrogens (tertiary/aromatic N) is 4. The van der Waals surface area contributed by atoms with Crippen molar-refractivity contribution < 1.29 is 9.18 Å². The molecule has 0 saturated carbocycles. The van der Waals surface area contributed by atoms with E-state index in [1.807, 2.05) is 11.0 Å². The lowest BCUT2D eigenvalue weighted by molar-refractivity contribution is 0.0736. The van der Waals surface area contributed by atoms with Gasteiger partial charge in [0.05, 0.1) is 0 Å². The average molecular weight is 350 g/mol. The van der Waals surface area contributed by atoms with Gasteiger partial charge in [0, 0.05) is 36.7 Å². The normalized spacial score (nSPS) is 16.8. The molecule has 1 amide bonds. The van der Waals surface area contributed by atoms with Crippen LogP contribution >= 0.6 is 0 Å². The van der Waals surface area contributed by atoms with Gasteiger partial charge in [-0.1, -0.05) is 12.1 Å². The fraction of sp³-hybridized carbons (Fsp3) is 0.250. The maximum Gasteiger partial charge on any atom is 0.254 e. The molecule has 26 heavy (non-hydrogen) atoms. The highest BCUT2D eigenvalue weighted by Gasteiger charge is 2.29. The molecule has 1 aliphatic heterocycles. The quantitative estimate of drug-likeness (QED) is 0.726. The summed E-state index contributed by atoms with van der Waals surface area (Å²) in [6.45, 7) is 0.724. The van der Waals surface area contributed by atoms with Crippen molar-refractivity contribution in [2.24, 2.45) is 0 Å². The first kappa shape index (κ1) is 16.4. The summed E-state index contributed by atoms with van der Waals surface area (Å²) in [7, 11) is 0. The molecule has 0 unspecified atom stereocenters. The largest absolute Gasteiger partial charge is 0.335 e. The van der Waals surface area contributed by atoms with Crippen LogP contribution in [0.2, 0.25) is 0 Å². The maximum atomic E-state index is 13.4. The lowest BCUT2D eigenvalue weighted by Crippen LogP contribution is -2.36. The highest BCUT2D eigenvalue weighted by molar-refractivity contribution is 5.95. The van der Waals surface area contributed by atoms with E-state index in [4.69, 9.17) is 0 Å². The zero-order valence-electron chi connectivity index (χ0n) is 14.3. The molecule has 0 radical (unpaired) electrons. The molecule has 4 rings (SSSR count). The molecule has 3 heterocycles. The smallest absolute Gasteiger partial charge is 0.254 e. The lowest BCUT2D eigenvalue weighted by Gasteiger charge is -2.25. The first-order valence-electron chi connectivity index (χ1n) is 8.70. The van der Waals surface area contributed by atoms with Crippen molar-refractivity contribution in [2.75, 3.05) is 6.54 Å². The number of hydrogen-bond donors (Lipinski definition) is 0. The van der Waals surface area contributed by atoms with E-state index in [1.165, 1.54) is 6.07 Å². The number of likely N-dealkylation sites (tertiary alicyclic amines) is 1.